The first-order chi connectivity index (χ1) is 7.49. The number of halogens is 1. The van der Waals surface area contributed by atoms with Gasteiger partial charge in [-0.25, -0.2) is 0 Å². The summed E-state index contributed by atoms with van der Waals surface area (Å²) in [4.78, 5) is 12.5. The van der Waals surface area contributed by atoms with Gasteiger partial charge in [-0.3, -0.25) is 4.79 Å². The van der Waals surface area contributed by atoms with Crippen LogP contribution in [0.25, 0.3) is 0 Å². The average molecular weight is 257 g/mol. The highest BCUT2D eigenvalue weighted by molar-refractivity contribution is 7.99. The van der Waals surface area contributed by atoms with Gasteiger partial charge >= 0.3 is 0 Å². The monoisotopic (exact) mass is 256 g/mol. The van der Waals surface area contributed by atoms with Gasteiger partial charge in [-0.2, -0.15) is 0 Å². The maximum absolute atomic E-state index is 11.3. The van der Waals surface area contributed by atoms with Crippen LogP contribution in [0.15, 0.2) is 17.0 Å². The Labute approximate surface area is 107 Å². The van der Waals surface area contributed by atoms with Gasteiger partial charge in [0.05, 0.1) is 0 Å². The van der Waals surface area contributed by atoms with Crippen LogP contribution in [-0.4, -0.2) is 11.0 Å². The first-order valence-corrected chi connectivity index (χ1v) is 6.81. The number of thioether (sulfide) groups is 1. The first kappa shape index (κ1) is 13.6. The van der Waals surface area contributed by atoms with Gasteiger partial charge in [0, 0.05) is 10.5 Å². The Morgan fingerprint density at radius 2 is 2.06 bits per heavy atom. The number of carbonyl (C=O) groups is 1. The summed E-state index contributed by atoms with van der Waals surface area (Å²) in [6, 6.07) is 3.85. The highest BCUT2D eigenvalue weighted by Crippen LogP contribution is 2.33. The standard InChI is InChI=1S/C13H17ClOS/c1-5-16-12-9(4)11(13(14)15)7-6-10(12)8(2)3/h6-8H,5H2,1-4H3. The van der Waals surface area contributed by atoms with Gasteiger partial charge in [-0.1, -0.05) is 26.8 Å². The molecule has 0 spiro atoms. The topological polar surface area (TPSA) is 17.1 Å². The summed E-state index contributed by atoms with van der Waals surface area (Å²) in [5, 5.41) is -0.370. The highest BCUT2D eigenvalue weighted by Gasteiger charge is 2.15. The first-order valence-electron chi connectivity index (χ1n) is 5.45. The summed E-state index contributed by atoms with van der Waals surface area (Å²) in [6.45, 7) is 8.41. The largest absolute Gasteiger partial charge is 0.276 e. The molecular weight excluding hydrogens is 240 g/mol. The second-order valence-electron chi connectivity index (χ2n) is 4.02. The third-order valence-corrected chi connectivity index (χ3v) is 3.88. The maximum atomic E-state index is 11.3. The molecule has 0 aliphatic rings. The van der Waals surface area contributed by atoms with E-state index in [1.54, 1.807) is 11.8 Å². The Morgan fingerprint density at radius 3 is 2.50 bits per heavy atom. The number of hydrogen-bond donors (Lipinski definition) is 0. The average Bonchev–Trinajstić information content (AvgIpc) is 2.20. The molecule has 0 saturated carbocycles. The van der Waals surface area contributed by atoms with Gasteiger partial charge in [0.25, 0.3) is 5.24 Å². The van der Waals surface area contributed by atoms with Gasteiger partial charge in [-0.15, -0.1) is 11.8 Å². The maximum Gasteiger partial charge on any atom is 0.252 e. The van der Waals surface area contributed by atoms with Crippen LogP contribution in [-0.2, 0) is 0 Å². The van der Waals surface area contributed by atoms with E-state index in [1.807, 2.05) is 19.1 Å². The van der Waals surface area contributed by atoms with Crippen LogP contribution in [0.2, 0.25) is 0 Å². The van der Waals surface area contributed by atoms with Crippen molar-refractivity contribution >= 4 is 28.6 Å². The molecule has 0 aliphatic heterocycles. The van der Waals surface area contributed by atoms with Gasteiger partial charge in [0.1, 0.15) is 0 Å². The number of benzene rings is 1. The lowest BCUT2D eigenvalue weighted by Crippen LogP contribution is -2.01. The van der Waals surface area contributed by atoms with Crippen molar-refractivity contribution in [3.8, 4) is 0 Å². The molecule has 0 heterocycles. The van der Waals surface area contributed by atoms with Crippen molar-refractivity contribution in [3.05, 3.63) is 28.8 Å². The van der Waals surface area contributed by atoms with E-state index in [0.717, 1.165) is 11.3 Å². The van der Waals surface area contributed by atoms with Gasteiger partial charge in [0.15, 0.2) is 0 Å². The fourth-order valence-corrected chi connectivity index (χ4v) is 3.01. The third kappa shape index (κ3) is 2.80. The van der Waals surface area contributed by atoms with Crippen LogP contribution in [0, 0.1) is 6.92 Å². The van der Waals surface area contributed by atoms with Crippen molar-refractivity contribution in [2.24, 2.45) is 0 Å². The zero-order valence-corrected chi connectivity index (χ0v) is 11.7. The predicted octanol–water partition coefficient (Wildman–Crippen LogP) is 4.61. The molecule has 16 heavy (non-hydrogen) atoms. The minimum Gasteiger partial charge on any atom is -0.276 e. The molecule has 0 amide bonds. The molecule has 1 nitrogen and oxygen atoms in total. The van der Waals surface area contributed by atoms with Crippen molar-refractivity contribution in [3.63, 3.8) is 0 Å². The molecule has 1 rings (SSSR count). The summed E-state index contributed by atoms with van der Waals surface area (Å²) in [5.74, 6) is 1.47. The molecule has 3 heteroatoms. The molecule has 0 saturated heterocycles. The van der Waals surface area contributed by atoms with Crippen LogP contribution in [0.3, 0.4) is 0 Å². The lowest BCUT2D eigenvalue weighted by molar-refractivity contribution is 0.108. The van der Waals surface area contributed by atoms with Crippen molar-refractivity contribution in [2.75, 3.05) is 5.75 Å². The van der Waals surface area contributed by atoms with E-state index in [9.17, 15) is 4.79 Å². The molecule has 1 aromatic carbocycles. The molecule has 0 aromatic heterocycles. The Morgan fingerprint density at radius 1 is 1.44 bits per heavy atom. The van der Waals surface area contributed by atoms with E-state index < -0.39 is 0 Å². The van der Waals surface area contributed by atoms with Crippen LogP contribution < -0.4 is 0 Å². The molecule has 0 atom stereocenters. The zero-order chi connectivity index (χ0) is 12.3. The number of hydrogen-bond acceptors (Lipinski definition) is 2. The second kappa shape index (κ2) is 5.74. The molecular formula is C13H17ClOS. The van der Waals surface area contributed by atoms with E-state index in [1.165, 1.54) is 10.5 Å². The smallest absolute Gasteiger partial charge is 0.252 e. The summed E-state index contributed by atoms with van der Waals surface area (Å²) in [7, 11) is 0. The molecule has 1 aromatic rings. The molecule has 0 radical (unpaired) electrons. The minimum absolute atomic E-state index is 0.370. The SMILES string of the molecule is CCSc1c(C(C)C)ccc(C(=O)Cl)c1C. The fraction of sp³-hybridized carbons (Fsp3) is 0.462. The predicted molar refractivity (Wildman–Crippen MR) is 71.8 cm³/mol. The number of carbonyl (C=O) groups excluding carboxylic acids is 1. The Balaban J connectivity index is 3.35. The van der Waals surface area contributed by atoms with Crippen LogP contribution >= 0.6 is 23.4 Å². The van der Waals surface area contributed by atoms with Gasteiger partial charge in [0.2, 0.25) is 0 Å². The lowest BCUT2D eigenvalue weighted by atomic mass is 9.98. The second-order valence-corrected chi connectivity index (χ2v) is 5.64. The van der Waals surface area contributed by atoms with E-state index >= 15 is 0 Å². The van der Waals surface area contributed by atoms with Crippen LogP contribution in [0.4, 0.5) is 0 Å². The lowest BCUT2D eigenvalue weighted by Gasteiger charge is -2.16. The minimum atomic E-state index is -0.370. The summed E-state index contributed by atoms with van der Waals surface area (Å²) in [6.07, 6.45) is 0. The van der Waals surface area contributed by atoms with Gasteiger partial charge in [-0.05, 0) is 47.4 Å². The number of rotatable bonds is 4. The third-order valence-electron chi connectivity index (χ3n) is 2.56. The van der Waals surface area contributed by atoms with Crippen LogP contribution in [0.5, 0.6) is 0 Å². The molecule has 88 valence electrons. The zero-order valence-electron chi connectivity index (χ0n) is 10.1. The Hall–Kier alpha value is -0.470. The fourth-order valence-electron chi connectivity index (χ4n) is 1.72. The van der Waals surface area contributed by atoms with E-state index in [2.05, 4.69) is 20.8 Å². The summed E-state index contributed by atoms with van der Waals surface area (Å²) in [5.41, 5.74) is 2.94. The van der Waals surface area contributed by atoms with Crippen LogP contribution in [0.1, 0.15) is 48.2 Å². The quantitative estimate of drug-likeness (QED) is 0.578. The van der Waals surface area contributed by atoms with Crippen molar-refractivity contribution in [2.45, 2.75) is 38.5 Å². The van der Waals surface area contributed by atoms with E-state index in [-0.39, 0.29) is 5.24 Å². The van der Waals surface area contributed by atoms with E-state index in [0.29, 0.717) is 11.5 Å². The molecule has 0 N–H and O–H groups in total. The van der Waals surface area contributed by atoms with E-state index in [4.69, 9.17) is 11.6 Å². The Kier molecular flexibility index (Phi) is 4.88. The van der Waals surface area contributed by atoms with Gasteiger partial charge < -0.3 is 0 Å². The summed E-state index contributed by atoms with van der Waals surface area (Å²) < 4.78 is 0. The Bertz CT molecular complexity index is 399. The highest BCUT2D eigenvalue weighted by atomic mass is 35.5. The molecule has 0 fully saturated rings. The van der Waals surface area contributed by atoms with Crippen molar-refractivity contribution < 1.29 is 4.79 Å². The summed E-state index contributed by atoms with van der Waals surface area (Å²) >= 11 is 7.34. The van der Waals surface area contributed by atoms with Crippen molar-refractivity contribution in [1.82, 2.24) is 0 Å². The normalized spacial score (nSPS) is 10.9. The molecule has 0 unspecified atom stereocenters. The molecule has 0 bridgehead atoms. The van der Waals surface area contributed by atoms with Crippen molar-refractivity contribution in [1.29, 1.82) is 0 Å². The molecule has 0 aliphatic carbocycles.